The summed E-state index contributed by atoms with van der Waals surface area (Å²) in [5.41, 5.74) is -0.234. The summed E-state index contributed by atoms with van der Waals surface area (Å²) in [5, 5.41) is 0. The van der Waals surface area contributed by atoms with Crippen LogP contribution in [0.4, 0.5) is 8.78 Å². The molecule has 6 nitrogen and oxygen atoms in total. The van der Waals surface area contributed by atoms with Gasteiger partial charge in [-0.25, -0.2) is 8.78 Å². The van der Waals surface area contributed by atoms with E-state index in [0.717, 1.165) is 12.1 Å². The van der Waals surface area contributed by atoms with Gasteiger partial charge in [0.05, 0.1) is 19.1 Å². The number of amides is 2. The number of hydrogen-bond donors (Lipinski definition) is 0. The maximum Gasteiger partial charge on any atom is 0.254 e. The van der Waals surface area contributed by atoms with Gasteiger partial charge in [-0.1, -0.05) is 0 Å². The molecule has 0 saturated carbocycles. The van der Waals surface area contributed by atoms with Crippen LogP contribution in [0.15, 0.2) is 18.2 Å². The molecule has 3 saturated heterocycles. The van der Waals surface area contributed by atoms with Crippen molar-refractivity contribution in [2.24, 2.45) is 11.3 Å². The third-order valence-corrected chi connectivity index (χ3v) is 6.21. The largest absolute Gasteiger partial charge is 0.381 e. The smallest absolute Gasteiger partial charge is 0.254 e. The van der Waals surface area contributed by atoms with Crippen LogP contribution in [0.2, 0.25) is 0 Å². The molecular weight excluding hydrogens is 370 g/mol. The Bertz CT molecular complexity index is 761. The monoisotopic (exact) mass is 394 g/mol. The summed E-state index contributed by atoms with van der Waals surface area (Å²) in [6.45, 7) is 3.97. The number of likely N-dealkylation sites (tertiary alicyclic amines) is 1. The van der Waals surface area contributed by atoms with Crippen molar-refractivity contribution in [3.8, 4) is 0 Å². The van der Waals surface area contributed by atoms with Crippen LogP contribution in [0.1, 0.15) is 23.2 Å². The van der Waals surface area contributed by atoms with Crippen LogP contribution in [0, 0.1) is 23.0 Å². The van der Waals surface area contributed by atoms with Crippen LogP contribution in [0.3, 0.4) is 0 Å². The van der Waals surface area contributed by atoms with Crippen molar-refractivity contribution >= 4 is 11.8 Å². The van der Waals surface area contributed by atoms with Crippen LogP contribution >= 0.6 is 0 Å². The Labute approximate surface area is 162 Å². The van der Waals surface area contributed by atoms with Crippen LogP contribution in [0.5, 0.6) is 0 Å². The summed E-state index contributed by atoms with van der Waals surface area (Å²) in [7, 11) is 0. The normalized spacial score (nSPS) is 24.6. The van der Waals surface area contributed by atoms with E-state index in [2.05, 4.69) is 0 Å². The number of benzene rings is 1. The summed E-state index contributed by atoms with van der Waals surface area (Å²) >= 11 is 0. The first-order chi connectivity index (χ1) is 13.5. The fourth-order valence-corrected chi connectivity index (χ4v) is 4.56. The molecule has 28 heavy (non-hydrogen) atoms. The third kappa shape index (κ3) is 3.51. The SMILES string of the molecule is O=C(c1ccc(F)c(F)c1)N1CC(C(=O)N2CCOCC2)C2(CCOCC2)C1. The molecule has 1 atom stereocenters. The van der Waals surface area contributed by atoms with Gasteiger partial charge in [0.1, 0.15) is 0 Å². The predicted octanol–water partition coefficient (Wildman–Crippen LogP) is 1.69. The topological polar surface area (TPSA) is 59.1 Å². The van der Waals surface area contributed by atoms with Crippen LogP contribution in [-0.2, 0) is 14.3 Å². The molecule has 1 unspecified atom stereocenters. The van der Waals surface area contributed by atoms with E-state index in [1.165, 1.54) is 6.07 Å². The zero-order chi connectivity index (χ0) is 19.7. The highest BCUT2D eigenvalue weighted by Crippen LogP contribution is 2.45. The Morgan fingerprint density at radius 1 is 0.964 bits per heavy atom. The van der Waals surface area contributed by atoms with E-state index < -0.39 is 11.6 Å². The molecule has 1 spiro atoms. The van der Waals surface area contributed by atoms with E-state index in [1.807, 2.05) is 4.90 Å². The minimum absolute atomic E-state index is 0.0470. The molecule has 3 heterocycles. The summed E-state index contributed by atoms with van der Waals surface area (Å²) in [5.74, 6) is -2.68. The summed E-state index contributed by atoms with van der Waals surface area (Å²) in [4.78, 5) is 29.6. The first-order valence-corrected chi connectivity index (χ1v) is 9.69. The average Bonchev–Trinajstić information content (AvgIpc) is 3.08. The maximum absolute atomic E-state index is 13.6. The second-order valence-electron chi connectivity index (χ2n) is 7.78. The zero-order valence-electron chi connectivity index (χ0n) is 15.7. The number of rotatable bonds is 2. The van der Waals surface area contributed by atoms with E-state index in [0.29, 0.717) is 58.9 Å². The Balaban J connectivity index is 1.57. The fourth-order valence-electron chi connectivity index (χ4n) is 4.56. The molecule has 0 radical (unpaired) electrons. The Kier molecular flexibility index (Phi) is 5.33. The molecule has 3 aliphatic rings. The lowest BCUT2D eigenvalue weighted by Gasteiger charge is -2.39. The molecular formula is C20H24F2N2O4. The predicted molar refractivity (Wildman–Crippen MR) is 95.6 cm³/mol. The van der Waals surface area contributed by atoms with Gasteiger partial charge in [-0.05, 0) is 31.0 Å². The lowest BCUT2D eigenvalue weighted by atomic mass is 9.71. The van der Waals surface area contributed by atoms with Gasteiger partial charge in [-0.3, -0.25) is 9.59 Å². The summed E-state index contributed by atoms with van der Waals surface area (Å²) in [6, 6.07) is 3.17. The van der Waals surface area contributed by atoms with Crippen molar-refractivity contribution in [2.75, 3.05) is 52.6 Å². The lowest BCUT2D eigenvalue weighted by molar-refractivity contribution is -0.144. The number of hydrogen-bond acceptors (Lipinski definition) is 4. The average molecular weight is 394 g/mol. The number of ether oxygens (including phenoxy) is 2. The number of halogens is 2. The lowest BCUT2D eigenvalue weighted by Crippen LogP contribution is -2.49. The fraction of sp³-hybridized carbons (Fsp3) is 0.600. The number of carbonyl (C=O) groups excluding carboxylic acids is 2. The standard InChI is InChI=1S/C20H24F2N2O4/c21-16-2-1-14(11-17(16)22)18(25)24-12-15(19(26)23-5-9-28-10-6-23)20(13-24)3-7-27-8-4-20/h1-2,11,15H,3-10,12-13H2. The first-order valence-electron chi connectivity index (χ1n) is 9.69. The van der Waals surface area contributed by atoms with E-state index in [-0.39, 0.29) is 35.3 Å². The van der Waals surface area contributed by atoms with Crippen LogP contribution < -0.4 is 0 Å². The highest BCUT2D eigenvalue weighted by atomic mass is 19.2. The van der Waals surface area contributed by atoms with Gasteiger partial charge in [0, 0.05) is 50.4 Å². The van der Waals surface area contributed by atoms with Gasteiger partial charge in [0.15, 0.2) is 11.6 Å². The second-order valence-corrected chi connectivity index (χ2v) is 7.78. The van der Waals surface area contributed by atoms with Crippen molar-refractivity contribution in [1.29, 1.82) is 0 Å². The molecule has 3 aliphatic heterocycles. The minimum atomic E-state index is -1.05. The van der Waals surface area contributed by atoms with Crippen molar-refractivity contribution in [3.05, 3.63) is 35.4 Å². The van der Waals surface area contributed by atoms with Gasteiger partial charge in [0.25, 0.3) is 5.91 Å². The van der Waals surface area contributed by atoms with Crippen molar-refractivity contribution < 1.29 is 27.8 Å². The van der Waals surface area contributed by atoms with Gasteiger partial charge >= 0.3 is 0 Å². The van der Waals surface area contributed by atoms with Gasteiger partial charge in [-0.15, -0.1) is 0 Å². The van der Waals surface area contributed by atoms with Crippen molar-refractivity contribution in [2.45, 2.75) is 12.8 Å². The zero-order valence-corrected chi connectivity index (χ0v) is 15.7. The molecule has 152 valence electrons. The molecule has 0 aromatic heterocycles. The summed E-state index contributed by atoms with van der Waals surface area (Å²) < 4.78 is 37.7. The minimum Gasteiger partial charge on any atom is -0.381 e. The molecule has 3 fully saturated rings. The Morgan fingerprint density at radius 3 is 2.32 bits per heavy atom. The molecule has 0 bridgehead atoms. The van der Waals surface area contributed by atoms with E-state index >= 15 is 0 Å². The van der Waals surface area contributed by atoms with E-state index in [4.69, 9.17) is 9.47 Å². The van der Waals surface area contributed by atoms with Gasteiger partial charge < -0.3 is 19.3 Å². The third-order valence-electron chi connectivity index (χ3n) is 6.21. The molecule has 2 amide bonds. The number of morpholine rings is 1. The Hall–Kier alpha value is -2.06. The highest BCUT2D eigenvalue weighted by molar-refractivity contribution is 5.95. The van der Waals surface area contributed by atoms with E-state index in [9.17, 15) is 18.4 Å². The quantitative estimate of drug-likeness (QED) is 0.766. The maximum atomic E-state index is 13.6. The number of nitrogens with zero attached hydrogens (tertiary/aromatic N) is 2. The molecule has 1 aromatic carbocycles. The van der Waals surface area contributed by atoms with Gasteiger partial charge in [0.2, 0.25) is 5.91 Å². The highest BCUT2D eigenvalue weighted by Gasteiger charge is 2.52. The molecule has 0 aliphatic carbocycles. The molecule has 8 heteroatoms. The molecule has 0 N–H and O–H groups in total. The van der Waals surface area contributed by atoms with Crippen molar-refractivity contribution in [1.82, 2.24) is 9.80 Å². The molecule has 4 rings (SSSR count). The van der Waals surface area contributed by atoms with Crippen LogP contribution in [-0.4, -0.2) is 74.2 Å². The van der Waals surface area contributed by atoms with Crippen molar-refractivity contribution in [3.63, 3.8) is 0 Å². The van der Waals surface area contributed by atoms with Gasteiger partial charge in [-0.2, -0.15) is 0 Å². The second kappa shape index (κ2) is 7.75. The first kappa shape index (κ1) is 19.3. The van der Waals surface area contributed by atoms with E-state index in [1.54, 1.807) is 4.90 Å². The summed E-state index contributed by atoms with van der Waals surface area (Å²) in [6.07, 6.45) is 1.41. The number of carbonyl (C=O) groups is 2. The molecule has 1 aromatic rings. The Morgan fingerprint density at radius 2 is 1.64 bits per heavy atom. The van der Waals surface area contributed by atoms with Crippen LogP contribution in [0.25, 0.3) is 0 Å².